The summed E-state index contributed by atoms with van der Waals surface area (Å²) in [5.74, 6) is -0.248. The van der Waals surface area contributed by atoms with Gasteiger partial charge in [0.1, 0.15) is 6.04 Å². The first kappa shape index (κ1) is 15.6. The molecule has 0 bridgehead atoms. The molecule has 6 nitrogen and oxygen atoms in total. The number of carbonyl (C=O) groups excluding carboxylic acids is 2. The summed E-state index contributed by atoms with van der Waals surface area (Å²) in [4.78, 5) is 27.2. The summed E-state index contributed by atoms with van der Waals surface area (Å²) in [7, 11) is 1.34. The molecule has 19 heavy (non-hydrogen) atoms. The number of hydrogen-bond acceptors (Lipinski definition) is 6. The topological polar surface area (TPSA) is 80.3 Å². The highest BCUT2D eigenvalue weighted by molar-refractivity contribution is 7.13. The van der Waals surface area contributed by atoms with Crippen LogP contribution in [-0.2, 0) is 14.3 Å². The molecule has 0 aliphatic carbocycles. The number of thiazole rings is 1. The van der Waals surface area contributed by atoms with E-state index >= 15 is 0 Å². The van der Waals surface area contributed by atoms with Crippen molar-refractivity contribution in [3.63, 3.8) is 0 Å². The van der Waals surface area contributed by atoms with Crippen LogP contribution < -0.4 is 10.6 Å². The number of ether oxygens (including phenoxy) is 1. The Bertz CT molecular complexity index is 406. The molecular formula is C12H19N3O3S. The number of carbonyl (C=O) groups is 2. The Hall–Kier alpha value is -1.47. The molecule has 1 unspecified atom stereocenters. The van der Waals surface area contributed by atoms with Gasteiger partial charge >= 0.3 is 5.97 Å². The molecule has 1 amide bonds. The lowest BCUT2D eigenvalue weighted by Gasteiger charge is -2.17. The fourth-order valence-electron chi connectivity index (χ4n) is 1.54. The van der Waals surface area contributed by atoms with Crippen LogP contribution in [0.25, 0.3) is 0 Å². The summed E-state index contributed by atoms with van der Waals surface area (Å²) in [6, 6.07) is -0.466. The highest BCUT2D eigenvalue weighted by Crippen LogP contribution is 2.10. The molecule has 0 aliphatic heterocycles. The van der Waals surface area contributed by atoms with E-state index in [4.69, 9.17) is 4.74 Å². The van der Waals surface area contributed by atoms with E-state index in [1.54, 1.807) is 11.6 Å². The molecule has 1 atom stereocenters. The van der Waals surface area contributed by atoms with Crippen LogP contribution in [0.4, 0.5) is 5.13 Å². The SMILES string of the molecule is COC(=O)C(CC(C)C)NCC(=O)Nc1nccs1. The smallest absolute Gasteiger partial charge is 0.322 e. The zero-order chi connectivity index (χ0) is 14.3. The van der Waals surface area contributed by atoms with Crippen molar-refractivity contribution in [2.75, 3.05) is 19.0 Å². The standard InChI is InChI=1S/C12H19N3O3S/c1-8(2)6-9(11(17)18-3)14-7-10(16)15-12-13-4-5-19-12/h4-5,8-9,14H,6-7H2,1-3H3,(H,13,15,16). The van der Waals surface area contributed by atoms with Gasteiger partial charge in [-0.2, -0.15) is 0 Å². The predicted octanol–water partition coefficient (Wildman–Crippen LogP) is 1.26. The van der Waals surface area contributed by atoms with Crippen LogP contribution in [0.1, 0.15) is 20.3 Å². The van der Waals surface area contributed by atoms with E-state index in [0.717, 1.165) is 0 Å². The molecule has 1 heterocycles. The molecule has 0 spiro atoms. The second kappa shape index (κ2) is 7.85. The van der Waals surface area contributed by atoms with E-state index < -0.39 is 6.04 Å². The Morgan fingerprint density at radius 1 is 1.47 bits per heavy atom. The highest BCUT2D eigenvalue weighted by atomic mass is 32.1. The van der Waals surface area contributed by atoms with Gasteiger partial charge < -0.3 is 10.1 Å². The van der Waals surface area contributed by atoms with Crippen molar-refractivity contribution >= 4 is 28.3 Å². The Labute approximate surface area is 116 Å². The van der Waals surface area contributed by atoms with Gasteiger partial charge in [0.25, 0.3) is 0 Å². The lowest BCUT2D eigenvalue weighted by Crippen LogP contribution is -2.42. The van der Waals surface area contributed by atoms with Crippen LogP contribution >= 0.6 is 11.3 Å². The first-order valence-electron chi connectivity index (χ1n) is 6.03. The van der Waals surface area contributed by atoms with Crippen LogP contribution in [0.3, 0.4) is 0 Å². The molecule has 1 rings (SSSR count). The highest BCUT2D eigenvalue weighted by Gasteiger charge is 2.20. The molecule has 1 aromatic rings. The molecule has 0 fully saturated rings. The fraction of sp³-hybridized carbons (Fsp3) is 0.583. The minimum atomic E-state index is -0.466. The normalized spacial score (nSPS) is 12.2. The Kier molecular flexibility index (Phi) is 6.44. The molecule has 0 saturated carbocycles. The second-order valence-corrected chi connectivity index (χ2v) is 5.37. The number of nitrogens with one attached hydrogen (secondary N) is 2. The molecule has 2 N–H and O–H groups in total. The van der Waals surface area contributed by atoms with Crippen LogP contribution in [0.2, 0.25) is 0 Å². The summed E-state index contributed by atoms with van der Waals surface area (Å²) >= 11 is 1.34. The number of amides is 1. The number of anilines is 1. The summed E-state index contributed by atoms with van der Waals surface area (Å²) in [5.41, 5.74) is 0. The largest absolute Gasteiger partial charge is 0.468 e. The molecular weight excluding hydrogens is 266 g/mol. The average Bonchev–Trinajstić information content (AvgIpc) is 2.85. The van der Waals surface area contributed by atoms with Gasteiger partial charge in [-0.25, -0.2) is 4.98 Å². The van der Waals surface area contributed by atoms with Gasteiger partial charge in [-0.05, 0) is 12.3 Å². The quantitative estimate of drug-likeness (QED) is 0.737. The summed E-state index contributed by atoms with van der Waals surface area (Å²) in [6.45, 7) is 4.06. The van der Waals surface area contributed by atoms with E-state index in [2.05, 4.69) is 15.6 Å². The van der Waals surface area contributed by atoms with Gasteiger partial charge in [-0.3, -0.25) is 14.9 Å². The molecule has 0 radical (unpaired) electrons. The number of methoxy groups -OCH3 is 1. The van der Waals surface area contributed by atoms with Crippen molar-refractivity contribution < 1.29 is 14.3 Å². The average molecular weight is 285 g/mol. The lowest BCUT2D eigenvalue weighted by atomic mass is 10.0. The minimum absolute atomic E-state index is 0.0477. The van der Waals surface area contributed by atoms with Crippen LogP contribution in [0.5, 0.6) is 0 Å². The minimum Gasteiger partial charge on any atom is -0.468 e. The number of nitrogens with zero attached hydrogens (tertiary/aromatic N) is 1. The zero-order valence-corrected chi connectivity index (χ0v) is 12.1. The van der Waals surface area contributed by atoms with Gasteiger partial charge in [0.2, 0.25) is 5.91 Å². The maximum atomic E-state index is 11.7. The molecule has 106 valence electrons. The number of rotatable bonds is 7. The van der Waals surface area contributed by atoms with E-state index in [9.17, 15) is 9.59 Å². The maximum Gasteiger partial charge on any atom is 0.322 e. The summed E-state index contributed by atoms with van der Waals surface area (Å²) in [6.07, 6.45) is 2.24. The van der Waals surface area contributed by atoms with Crippen molar-refractivity contribution in [2.45, 2.75) is 26.3 Å². The van der Waals surface area contributed by atoms with Gasteiger partial charge in [0.15, 0.2) is 5.13 Å². The van der Waals surface area contributed by atoms with Gasteiger partial charge in [-0.1, -0.05) is 13.8 Å². The van der Waals surface area contributed by atoms with Gasteiger partial charge in [0, 0.05) is 11.6 Å². The monoisotopic (exact) mass is 285 g/mol. The van der Waals surface area contributed by atoms with Crippen LogP contribution in [0, 0.1) is 5.92 Å². The fourth-order valence-corrected chi connectivity index (χ4v) is 2.09. The van der Waals surface area contributed by atoms with Gasteiger partial charge in [-0.15, -0.1) is 11.3 Å². The third-order valence-corrected chi connectivity index (χ3v) is 3.07. The zero-order valence-electron chi connectivity index (χ0n) is 11.3. The maximum absolute atomic E-state index is 11.7. The van der Waals surface area contributed by atoms with E-state index in [1.807, 2.05) is 13.8 Å². The first-order chi connectivity index (χ1) is 9.02. The van der Waals surface area contributed by atoms with E-state index in [1.165, 1.54) is 18.4 Å². The summed E-state index contributed by atoms with van der Waals surface area (Å²) in [5, 5.41) is 7.87. The lowest BCUT2D eigenvalue weighted by molar-refractivity contribution is -0.143. The second-order valence-electron chi connectivity index (χ2n) is 4.47. The van der Waals surface area contributed by atoms with Crippen molar-refractivity contribution in [3.8, 4) is 0 Å². The number of hydrogen-bond donors (Lipinski definition) is 2. The Morgan fingerprint density at radius 2 is 2.21 bits per heavy atom. The van der Waals surface area contributed by atoms with E-state index in [-0.39, 0.29) is 18.4 Å². The molecule has 1 aromatic heterocycles. The Balaban J connectivity index is 2.42. The van der Waals surface area contributed by atoms with Crippen molar-refractivity contribution in [3.05, 3.63) is 11.6 Å². The van der Waals surface area contributed by atoms with Crippen LogP contribution in [0.15, 0.2) is 11.6 Å². The number of aromatic nitrogens is 1. The van der Waals surface area contributed by atoms with Crippen molar-refractivity contribution in [2.24, 2.45) is 5.92 Å². The third kappa shape index (κ3) is 5.80. The van der Waals surface area contributed by atoms with Crippen LogP contribution in [-0.4, -0.2) is 36.6 Å². The third-order valence-electron chi connectivity index (χ3n) is 2.38. The van der Waals surface area contributed by atoms with Crippen molar-refractivity contribution in [1.29, 1.82) is 0 Å². The molecule has 7 heteroatoms. The van der Waals surface area contributed by atoms with Crippen molar-refractivity contribution in [1.82, 2.24) is 10.3 Å². The molecule has 0 saturated heterocycles. The summed E-state index contributed by atoms with van der Waals surface area (Å²) < 4.78 is 4.71. The van der Waals surface area contributed by atoms with Gasteiger partial charge in [0.05, 0.1) is 13.7 Å². The predicted molar refractivity (Wildman–Crippen MR) is 74.0 cm³/mol. The first-order valence-corrected chi connectivity index (χ1v) is 6.91. The molecule has 0 aliphatic rings. The van der Waals surface area contributed by atoms with E-state index in [0.29, 0.717) is 17.5 Å². The number of esters is 1. The molecule has 0 aromatic carbocycles. The Morgan fingerprint density at radius 3 is 2.74 bits per heavy atom.